The Morgan fingerprint density at radius 1 is 1.12 bits per heavy atom. The van der Waals surface area contributed by atoms with Crippen molar-refractivity contribution in [3.8, 4) is 0 Å². The molecule has 96 valence electrons. The summed E-state index contributed by atoms with van der Waals surface area (Å²) in [6.07, 6.45) is 0. The molecule has 0 aliphatic carbocycles. The first-order chi connectivity index (χ1) is 7.84. The van der Waals surface area contributed by atoms with Crippen molar-refractivity contribution in [3.05, 3.63) is 33.8 Å². The average Bonchev–Trinajstić information content (AvgIpc) is 2.23. The van der Waals surface area contributed by atoms with E-state index in [0.717, 1.165) is 0 Å². The highest BCUT2D eigenvalue weighted by molar-refractivity contribution is 9.10. The highest BCUT2D eigenvalue weighted by atomic mass is 79.9. The summed E-state index contributed by atoms with van der Waals surface area (Å²) in [4.78, 5) is 0. The summed E-state index contributed by atoms with van der Waals surface area (Å²) in [7, 11) is 0. The van der Waals surface area contributed by atoms with Crippen LogP contribution in [0.2, 0.25) is 0 Å². The minimum absolute atomic E-state index is 0.00769. The van der Waals surface area contributed by atoms with E-state index >= 15 is 0 Å². The maximum atomic E-state index is 13.9. The largest absolute Gasteiger partial charge is 0.311 e. The highest BCUT2D eigenvalue weighted by Crippen LogP contribution is 2.29. The molecule has 1 aromatic rings. The quantitative estimate of drug-likeness (QED) is 0.821. The van der Waals surface area contributed by atoms with E-state index in [1.165, 1.54) is 12.1 Å². The Hall–Kier alpha value is -0.480. The van der Waals surface area contributed by atoms with Gasteiger partial charge in [0.25, 0.3) is 0 Å². The van der Waals surface area contributed by atoms with Gasteiger partial charge >= 0.3 is 0 Å². The SMILES string of the molecule is CC(C)NC(C)C(C)c1c(F)ccc(Br)c1F. The van der Waals surface area contributed by atoms with E-state index in [1.54, 1.807) is 0 Å². The summed E-state index contributed by atoms with van der Waals surface area (Å²) in [5.74, 6) is -1.22. The van der Waals surface area contributed by atoms with Crippen molar-refractivity contribution in [1.82, 2.24) is 5.32 Å². The molecule has 0 fully saturated rings. The molecule has 2 unspecified atom stereocenters. The van der Waals surface area contributed by atoms with Gasteiger partial charge in [-0.1, -0.05) is 20.8 Å². The fourth-order valence-corrected chi connectivity index (χ4v) is 2.23. The molecule has 0 aliphatic rings. The number of rotatable bonds is 4. The zero-order valence-electron chi connectivity index (χ0n) is 10.5. The number of hydrogen-bond acceptors (Lipinski definition) is 1. The third-order valence-corrected chi connectivity index (χ3v) is 3.49. The molecular weight excluding hydrogens is 288 g/mol. The van der Waals surface area contributed by atoms with E-state index < -0.39 is 11.6 Å². The Bertz CT molecular complexity index is 393. The molecule has 0 radical (unpaired) electrons. The Balaban J connectivity index is 3.03. The average molecular weight is 306 g/mol. The molecule has 17 heavy (non-hydrogen) atoms. The van der Waals surface area contributed by atoms with Crippen molar-refractivity contribution < 1.29 is 8.78 Å². The Labute approximate surface area is 110 Å². The number of nitrogens with one attached hydrogen (secondary N) is 1. The summed E-state index contributed by atoms with van der Waals surface area (Å²) in [5, 5.41) is 3.27. The van der Waals surface area contributed by atoms with Crippen LogP contribution in [0.25, 0.3) is 0 Å². The van der Waals surface area contributed by atoms with Crippen molar-refractivity contribution in [2.45, 2.75) is 45.7 Å². The number of benzene rings is 1. The topological polar surface area (TPSA) is 12.0 Å². The molecule has 1 nitrogen and oxygen atoms in total. The van der Waals surface area contributed by atoms with Gasteiger partial charge in [-0.25, -0.2) is 8.78 Å². The van der Waals surface area contributed by atoms with Crippen LogP contribution in [0.15, 0.2) is 16.6 Å². The van der Waals surface area contributed by atoms with E-state index in [-0.39, 0.29) is 23.6 Å². The van der Waals surface area contributed by atoms with E-state index in [0.29, 0.717) is 4.47 Å². The fraction of sp³-hybridized carbons (Fsp3) is 0.538. The van der Waals surface area contributed by atoms with Crippen LogP contribution in [0.3, 0.4) is 0 Å². The van der Waals surface area contributed by atoms with Gasteiger partial charge < -0.3 is 5.32 Å². The van der Waals surface area contributed by atoms with Gasteiger partial charge in [-0.05, 0) is 35.0 Å². The molecule has 0 saturated heterocycles. The number of halogens is 3. The van der Waals surface area contributed by atoms with E-state index in [1.807, 2.05) is 27.7 Å². The standard InChI is InChI=1S/C13H18BrF2N/c1-7(2)17-9(4)8(3)12-11(15)6-5-10(14)13(12)16/h5-9,17H,1-4H3. The smallest absolute Gasteiger partial charge is 0.143 e. The molecule has 0 spiro atoms. The second-order valence-electron chi connectivity index (χ2n) is 4.66. The van der Waals surface area contributed by atoms with Crippen LogP contribution < -0.4 is 5.32 Å². The molecule has 0 aliphatic heterocycles. The molecule has 1 rings (SSSR count). The molecule has 1 aromatic carbocycles. The third-order valence-electron chi connectivity index (χ3n) is 2.88. The Kier molecular flexibility index (Phi) is 5.07. The normalized spacial score (nSPS) is 15.1. The van der Waals surface area contributed by atoms with E-state index in [4.69, 9.17) is 0 Å². The van der Waals surface area contributed by atoms with Gasteiger partial charge in [0.2, 0.25) is 0 Å². The van der Waals surface area contributed by atoms with Crippen LogP contribution in [0.5, 0.6) is 0 Å². The van der Waals surface area contributed by atoms with Crippen molar-refractivity contribution in [1.29, 1.82) is 0 Å². The first kappa shape index (κ1) is 14.6. The summed E-state index contributed by atoms with van der Waals surface area (Å²) >= 11 is 3.09. The molecule has 2 atom stereocenters. The monoisotopic (exact) mass is 305 g/mol. The summed E-state index contributed by atoms with van der Waals surface area (Å²) in [6, 6.07) is 2.97. The fourth-order valence-electron chi connectivity index (χ4n) is 1.88. The molecule has 1 N–H and O–H groups in total. The van der Waals surface area contributed by atoms with Crippen LogP contribution in [0.1, 0.15) is 39.2 Å². The lowest BCUT2D eigenvalue weighted by molar-refractivity contribution is 0.415. The van der Waals surface area contributed by atoms with Crippen molar-refractivity contribution in [2.75, 3.05) is 0 Å². The van der Waals surface area contributed by atoms with Crippen molar-refractivity contribution in [2.24, 2.45) is 0 Å². The van der Waals surface area contributed by atoms with Crippen LogP contribution >= 0.6 is 15.9 Å². The summed E-state index contributed by atoms with van der Waals surface area (Å²) < 4.78 is 27.9. The van der Waals surface area contributed by atoms with Gasteiger partial charge in [0.15, 0.2) is 0 Å². The molecule has 0 bridgehead atoms. The van der Waals surface area contributed by atoms with Crippen molar-refractivity contribution in [3.63, 3.8) is 0 Å². The van der Waals surface area contributed by atoms with Gasteiger partial charge in [-0.3, -0.25) is 0 Å². The van der Waals surface area contributed by atoms with Crippen LogP contribution in [0, 0.1) is 11.6 Å². The molecule has 0 heterocycles. The molecular formula is C13H18BrF2N. The minimum Gasteiger partial charge on any atom is -0.311 e. The molecule has 0 saturated carbocycles. The molecule has 0 aromatic heterocycles. The van der Waals surface area contributed by atoms with Gasteiger partial charge in [0, 0.05) is 23.6 Å². The first-order valence-electron chi connectivity index (χ1n) is 5.74. The minimum atomic E-state index is -0.505. The number of hydrogen-bond donors (Lipinski definition) is 1. The second-order valence-corrected chi connectivity index (χ2v) is 5.51. The maximum absolute atomic E-state index is 13.9. The Morgan fingerprint density at radius 3 is 2.24 bits per heavy atom. The lowest BCUT2D eigenvalue weighted by Gasteiger charge is -2.24. The second kappa shape index (κ2) is 5.91. The van der Waals surface area contributed by atoms with Gasteiger partial charge in [0.05, 0.1) is 4.47 Å². The zero-order valence-corrected chi connectivity index (χ0v) is 12.1. The lowest BCUT2D eigenvalue weighted by atomic mass is 9.93. The van der Waals surface area contributed by atoms with E-state index in [2.05, 4.69) is 21.2 Å². The summed E-state index contributed by atoms with van der Waals surface area (Å²) in [6.45, 7) is 7.78. The van der Waals surface area contributed by atoms with Crippen LogP contribution in [0.4, 0.5) is 8.78 Å². The predicted octanol–water partition coefficient (Wildman–Crippen LogP) is 4.22. The van der Waals surface area contributed by atoms with Gasteiger partial charge in [-0.15, -0.1) is 0 Å². The maximum Gasteiger partial charge on any atom is 0.143 e. The van der Waals surface area contributed by atoms with E-state index in [9.17, 15) is 8.78 Å². The Morgan fingerprint density at radius 2 is 1.71 bits per heavy atom. The van der Waals surface area contributed by atoms with Crippen LogP contribution in [-0.4, -0.2) is 12.1 Å². The molecule has 0 amide bonds. The predicted molar refractivity (Wildman–Crippen MR) is 70.2 cm³/mol. The third kappa shape index (κ3) is 3.49. The van der Waals surface area contributed by atoms with Crippen LogP contribution in [-0.2, 0) is 0 Å². The lowest BCUT2D eigenvalue weighted by Crippen LogP contribution is -2.36. The summed E-state index contributed by atoms with van der Waals surface area (Å²) in [5.41, 5.74) is 0.139. The molecule has 4 heteroatoms. The van der Waals surface area contributed by atoms with Crippen molar-refractivity contribution >= 4 is 15.9 Å². The van der Waals surface area contributed by atoms with Gasteiger partial charge in [0.1, 0.15) is 11.6 Å². The first-order valence-corrected chi connectivity index (χ1v) is 6.53. The highest BCUT2D eigenvalue weighted by Gasteiger charge is 2.23. The van der Waals surface area contributed by atoms with Gasteiger partial charge in [-0.2, -0.15) is 0 Å². The zero-order chi connectivity index (χ0) is 13.2.